The van der Waals surface area contributed by atoms with Gasteiger partial charge in [0.1, 0.15) is 6.29 Å². The summed E-state index contributed by atoms with van der Waals surface area (Å²) >= 11 is 0. The molecule has 76 valence electrons. The van der Waals surface area contributed by atoms with Crippen LogP contribution in [0.25, 0.3) is 0 Å². The van der Waals surface area contributed by atoms with Crippen LogP contribution < -0.4 is 0 Å². The van der Waals surface area contributed by atoms with E-state index in [-0.39, 0.29) is 0 Å². The van der Waals surface area contributed by atoms with E-state index in [0.29, 0.717) is 6.54 Å². The van der Waals surface area contributed by atoms with Crippen molar-refractivity contribution in [2.75, 3.05) is 20.1 Å². The fourth-order valence-corrected chi connectivity index (χ4v) is 2.10. The molecule has 0 aromatic rings. The Kier molecular flexibility index (Phi) is 5.06. The Morgan fingerprint density at radius 1 is 1.31 bits per heavy atom. The molecule has 2 nitrogen and oxygen atoms in total. The third-order valence-electron chi connectivity index (χ3n) is 3.03. The first-order valence-electron chi connectivity index (χ1n) is 5.45. The van der Waals surface area contributed by atoms with Crippen LogP contribution in [0.3, 0.4) is 0 Å². The van der Waals surface area contributed by atoms with E-state index in [4.69, 9.17) is 0 Å². The summed E-state index contributed by atoms with van der Waals surface area (Å²) in [7, 11) is 2.03. The fourth-order valence-electron chi connectivity index (χ4n) is 2.10. The molecule has 2 heteroatoms. The van der Waals surface area contributed by atoms with E-state index in [1.807, 2.05) is 7.05 Å². The molecule has 0 unspecified atom stereocenters. The minimum atomic E-state index is 0.590. The molecule has 1 fully saturated rings. The standard InChI is InChI=1S/C11H21NO/c1-12(9-10-13)8-7-11-5-3-2-4-6-11/h10-11H,2-9H2,1H3. The lowest BCUT2D eigenvalue weighted by molar-refractivity contribution is -0.108. The summed E-state index contributed by atoms with van der Waals surface area (Å²) in [5.41, 5.74) is 0. The summed E-state index contributed by atoms with van der Waals surface area (Å²) < 4.78 is 0. The molecular formula is C11H21NO. The number of aldehydes is 1. The van der Waals surface area contributed by atoms with Crippen LogP contribution in [-0.4, -0.2) is 31.3 Å². The molecule has 0 aromatic carbocycles. The first-order valence-corrected chi connectivity index (χ1v) is 5.45. The summed E-state index contributed by atoms with van der Waals surface area (Å²) in [6.45, 7) is 1.68. The highest BCUT2D eigenvalue weighted by Gasteiger charge is 2.13. The Hall–Kier alpha value is -0.370. The van der Waals surface area contributed by atoms with Crippen molar-refractivity contribution in [1.29, 1.82) is 0 Å². The van der Waals surface area contributed by atoms with Gasteiger partial charge < -0.3 is 4.79 Å². The summed E-state index contributed by atoms with van der Waals surface area (Å²) in [5, 5.41) is 0. The molecule has 1 rings (SSSR count). The van der Waals surface area contributed by atoms with Gasteiger partial charge in [0.25, 0.3) is 0 Å². The molecule has 1 aliphatic rings. The maximum Gasteiger partial charge on any atom is 0.133 e. The summed E-state index contributed by atoms with van der Waals surface area (Å²) in [5.74, 6) is 0.933. The van der Waals surface area contributed by atoms with Gasteiger partial charge in [0, 0.05) is 0 Å². The predicted octanol–water partition coefficient (Wildman–Crippen LogP) is 2.09. The van der Waals surface area contributed by atoms with Crippen molar-refractivity contribution in [2.45, 2.75) is 38.5 Å². The lowest BCUT2D eigenvalue weighted by atomic mass is 9.87. The lowest BCUT2D eigenvalue weighted by Gasteiger charge is -2.23. The molecule has 0 atom stereocenters. The summed E-state index contributed by atoms with van der Waals surface area (Å²) in [6, 6.07) is 0. The molecular weight excluding hydrogens is 162 g/mol. The highest BCUT2D eigenvalue weighted by atomic mass is 16.1. The monoisotopic (exact) mass is 183 g/mol. The van der Waals surface area contributed by atoms with Crippen LogP contribution in [0.4, 0.5) is 0 Å². The van der Waals surface area contributed by atoms with E-state index in [2.05, 4.69) is 4.90 Å². The van der Waals surface area contributed by atoms with E-state index < -0.39 is 0 Å². The fraction of sp³-hybridized carbons (Fsp3) is 0.909. The molecule has 0 radical (unpaired) electrons. The van der Waals surface area contributed by atoms with Crippen LogP contribution in [-0.2, 0) is 4.79 Å². The molecule has 13 heavy (non-hydrogen) atoms. The third-order valence-corrected chi connectivity index (χ3v) is 3.03. The molecule has 0 N–H and O–H groups in total. The van der Waals surface area contributed by atoms with Crippen LogP contribution in [0, 0.1) is 5.92 Å². The first-order chi connectivity index (χ1) is 6.33. The molecule has 0 spiro atoms. The maximum absolute atomic E-state index is 10.2. The van der Waals surface area contributed by atoms with Crippen molar-refractivity contribution in [3.05, 3.63) is 0 Å². The largest absolute Gasteiger partial charge is 0.302 e. The van der Waals surface area contributed by atoms with E-state index in [1.165, 1.54) is 38.5 Å². The van der Waals surface area contributed by atoms with Crippen molar-refractivity contribution in [1.82, 2.24) is 4.90 Å². The van der Waals surface area contributed by atoms with Gasteiger partial charge in [-0.05, 0) is 25.9 Å². The maximum atomic E-state index is 10.2. The van der Waals surface area contributed by atoms with Crippen LogP contribution in [0.1, 0.15) is 38.5 Å². The number of likely N-dealkylation sites (N-methyl/N-ethyl adjacent to an activating group) is 1. The third kappa shape index (κ3) is 4.41. The number of carbonyl (C=O) groups is 1. The summed E-state index contributed by atoms with van der Waals surface area (Å²) in [6.07, 6.45) is 9.36. The van der Waals surface area contributed by atoms with Crippen molar-refractivity contribution in [3.8, 4) is 0 Å². The van der Waals surface area contributed by atoms with Gasteiger partial charge in [-0.15, -0.1) is 0 Å². The zero-order valence-corrected chi connectivity index (χ0v) is 8.67. The quantitative estimate of drug-likeness (QED) is 0.608. The Morgan fingerprint density at radius 2 is 2.00 bits per heavy atom. The van der Waals surface area contributed by atoms with E-state index in [1.54, 1.807) is 0 Å². The average Bonchev–Trinajstić information content (AvgIpc) is 2.17. The summed E-state index contributed by atoms with van der Waals surface area (Å²) in [4.78, 5) is 12.3. The number of nitrogens with zero attached hydrogens (tertiary/aromatic N) is 1. The number of hydrogen-bond donors (Lipinski definition) is 0. The number of rotatable bonds is 5. The SMILES string of the molecule is CN(CC=O)CCC1CCCCC1. The highest BCUT2D eigenvalue weighted by Crippen LogP contribution is 2.26. The van der Waals surface area contributed by atoms with Crippen LogP contribution in [0.5, 0.6) is 0 Å². The average molecular weight is 183 g/mol. The second-order valence-electron chi connectivity index (χ2n) is 4.22. The first kappa shape index (κ1) is 10.7. The minimum Gasteiger partial charge on any atom is -0.302 e. The van der Waals surface area contributed by atoms with Gasteiger partial charge in [-0.1, -0.05) is 32.1 Å². The Balaban J connectivity index is 2.06. The van der Waals surface area contributed by atoms with Crippen LogP contribution in [0.2, 0.25) is 0 Å². The molecule has 0 saturated heterocycles. The van der Waals surface area contributed by atoms with Gasteiger partial charge in [-0.2, -0.15) is 0 Å². The van der Waals surface area contributed by atoms with E-state index >= 15 is 0 Å². The Morgan fingerprint density at radius 3 is 2.62 bits per heavy atom. The molecule has 0 amide bonds. The smallest absolute Gasteiger partial charge is 0.133 e. The normalized spacial score (nSPS) is 19.2. The van der Waals surface area contributed by atoms with Crippen LogP contribution >= 0.6 is 0 Å². The second-order valence-corrected chi connectivity index (χ2v) is 4.22. The topological polar surface area (TPSA) is 20.3 Å². The lowest BCUT2D eigenvalue weighted by Crippen LogP contribution is -2.24. The van der Waals surface area contributed by atoms with Gasteiger partial charge in [0.15, 0.2) is 0 Å². The molecule has 0 aliphatic heterocycles. The van der Waals surface area contributed by atoms with Crippen molar-refractivity contribution < 1.29 is 4.79 Å². The zero-order chi connectivity index (χ0) is 9.52. The molecule has 1 saturated carbocycles. The van der Waals surface area contributed by atoms with Gasteiger partial charge in [0.2, 0.25) is 0 Å². The molecule has 0 bridgehead atoms. The highest BCUT2D eigenvalue weighted by molar-refractivity contribution is 5.51. The Labute approximate surface area is 81.3 Å². The molecule has 0 aromatic heterocycles. The second kappa shape index (κ2) is 6.14. The van der Waals surface area contributed by atoms with Gasteiger partial charge in [0.05, 0.1) is 6.54 Å². The van der Waals surface area contributed by atoms with Crippen molar-refractivity contribution in [2.24, 2.45) is 5.92 Å². The Bertz CT molecular complexity index is 141. The van der Waals surface area contributed by atoms with E-state index in [9.17, 15) is 4.79 Å². The van der Waals surface area contributed by atoms with Crippen molar-refractivity contribution in [3.63, 3.8) is 0 Å². The van der Waals surface area contributed by atoms with Gasteiger partial charge >= 0.3 is 0 Å². The minimum absolute atomic E-state index is 0.590. The van der Waals surface area contributed by atoms with Crippen molar-refractivity contribution >= 4 is 6.29 Å². The van der Waals surface area contributed by atoms with Gasteiger partial charge in [-0.25, -0.2) is 0 Å². The van der Waals surface area contributed by atoms with Crippen LogP contribution in [0.15, 0.2) is 0 Å². The predicted molar refractivity (Wildman–Crippen MR) is 54.8 cm³/mol. The molecule has 0 heterocycles. The number of hydrogen-bond acceptors (Lipinski definition) is 2. The zero-order valence-electron chi connectivity index (χ0n) is 8.67. The van der Waals surface area contributed by atoms with E-state index in [0.717, 1.165) is 18.7 Å². The molecule has 1 aliphatic carbocycles. The number of carbonyl (C=O) groups excluding carboxylic acids is 1. The van der Waals surface area contributed by atoms with Gasteiger partial charge in [-0.3, -0.25) is 4.90 Å².